The standard InChI is InChI=1S/C19H18N2O4S2/c1-13(22)20-17-12-14(9-10-18(17)25-2)27(23,24)21-16-7-4-3-6-15(16)19-8-5-11-26-19/h3-12,21H,1-2H3,(H,20,22). The highest BCUT2D eigenvalue weighted by Gasteiger charge is 2.19. The zero-order valence-corrected chi connectivity index (χ0v) is 16.4. The third-order valence-corrected chi connectivity index (χ3v) is 6.02. The van der Waals surface area contributed by atoms with Crippen molar-refractivity contribution in [3.63, 3.8) is 0 Å². The molecule has 0 saturated carbocycles. The number of methoxy groups -OCH3 is 1. The van der Waals surface area contributed by atoms with Crippen LogP contribution in [0.3, 0.4) is 0 Å². The fraction of sp³-hybridized carbons (Fsp3) is 0.105. The topological polar surface area (TPSA) is 84.5 Å². The van der Waals surface area contributed by atoms with Gasteiger partial charge in [-0.25, -0.2) is 8.42 Å². The summed E-state index contributed by atoms with van der Waals surface area (Å²) in [6.07, 6.45) is 0. The minimum atomic E-state index is -3.86. The number of nitrogens with one attached hydrogen (secondary N) is 2. The first-order valence-electron chi connectivity index (χ1n) is 8.02. The van der Waals surface area contributed by atoms with Gasteiger partial charge in [-0.05, 0) is 35.7 Å². The first-order chi connectivity index (χ1) is 12.9. The lowest BCUT2D eigenvalue weighted by Gasteiger charge is -2.14. The summed E-state index contributed by atoms with van der Waals surface area (Å²) in [5.74, 6) is 0.0574. The molecular weight excluding hydrogens is 384 g/mol. The second-order valence-electron chi connectivity index (χ2n) is 5.67. The first-order valence-corrected chi connectivity index (χ1v) is 10.4. The minimum Gasteiger partial charge on any atom is -0.495 e. The normalized spacial score (nSPS) is 11.0. The molecule has 0 spiro atoms. The van der Waals surface area contributed by atoms with Crippen LogP contribution in [0.2, 0.25) is 0 Å². The zero-order valence-electron chi connectivity index (χ0n) is 14.7. The van der Waals surface area contributed by atoms with Crippen molar-refractivity contribution in [3.8, 4) is 16.2 Å². The molecule has 6 nitrogen and oxygen atoms in total. The second kappa shape index (κ2) is 7.81. The molecule has 2 N–H and O–H groups in total. The average Bonchev–Trinajstić information content (AvgIpc) is 3.16. The molecular formula is C19H18N2O4S2. The van der Waals surface area contributed by atoms with E-state index >= 15 is 0 Å². The van der Waals surface area contributed by atoms with E-state index < -0.39 is 10.0 Å². The van der Waals surface area contributed by atoms with E-state index in [0.717, 1.165) is 10.4 Å². The molecule has 0 aliphatic carbocycles. The number of amides is 1. The fourth-order valence-electron chi connectivity index (χ4n) is 2.56. The van der Waals surface area contributed by atoms with E-state index in [1.807, 2.05) is 29.6 Å². The van der Waals surface area contributed by atoms with Crippen molar-refractivity contribution < 1.29 is 17.9 Å². The molecule has 0 unspecified atom stereocenters. The number of hydrogen-bond acceptors (Lipinski definition) is 5. The Morgan fingerprint density at radius 2 is 1.81 bits per heavy atom. The molecule has 1 amide bonds. The number of sulfonamides is 1. The van der Waals surface area contributed by atoms with Crippen LogP contribution in [-0.2, 0) is 14.8 Å². The highest BCUT2D eigenvalue weighted by Crippen LogP contribution is 2.33. The van der Waals surface area contributed by atoms with E-state index in [4.69, 9.17) is 4.74 Å². The van der Waals surface area contributed by atoms with Gasteiger partial charge in [0.25, 0.3) is 10.0 Å². The molecule has 1 heterocycles. The first kappa shape index (κ1) is 18.9. The Morgan fingerprint density at radius 3 is 2.48 bits per heavy atom. The van der Waals surface area contributed by atoms with Crippen molar-refractivity contribution in [2.45, 2.75) is 11.8 Å². The summed E-state index contributed by atoms with van der Waals surface area (Å²) in [6.45, 7) is 1.34. The minimum absolute atomic E-state index is 0.0213. The molecule has 0 saturated heterocycles. The molecule has 3 rings (SSSR count). The predicted octanol–water partition coefficient (Wildman–Crippen LogP) is 4.18. The summed E-state index contributed by atoms with van der Waals surface area (Å²) in [5.41, 5.74) is 1.57. The number of thiophene rings is 1. The van der Waals surface area contributed by atoms with Gasteiger partial charge in [-0.1, -0.05) is 24.3 Å². The van der Waals surface area contributed by atoms with Gasteiger partial charge in [-0.15, -0.1) is 11.3 Å². The molecule has 140 valence electrons. The maximum absolute atomic E-state index is 12.9. The van der Waals surface area contributed by atoms with Crippen LogP contribution in [0.1, 0.15) is 6.92 Å². The number of anilines is 2. The summed E-state index contributed by atoms with van der Waals surface area (Å²) in [4.78, 5) is 12.4. The Hall–Kier alpha value is -2.84. The van der Waals surface area contributed by atoms with Crippen LogP contribution < -0.4 is 14.8 Å². The van der Waals surface area contributed by atoms with Crippen LogP contribution in [0.4, 0.5) is 11.4 Å². The Balaban J connectivity index is 1.98. The van der Waals surface area contributed by atoms with Crippen LogP contribution in [-0.4, -0.2) is 21.4 Å². The highest BCUT2D eigenvalue weighted by molar-refractivity contribution is 7.92. The number of benzene rings is 2. The molecule has 2 aromatic carbocycles. The second-order valence-corrected chi connectivity index (χ2v) is 8.30. The van der Waals surface area contributed by atoms with E-state index in [1.165, 1.54) is 43.6 Å². The van der Waals surface area contributed by atoms with Gasteiger partial charge in [-0.3, -0.25) is 9.52 Å². The molecule has 0 aliphatic heterocycles. The summed E-state index contributed by atoms with van der Waals surface area (Å²) in [5, 5.41) is 4.51. The Labute approximate surface area is 161 Å². The Kier molecular flexibility index (Phi) is 5.48. The van der Waals surface area contributed by atoms with Crippen molar-refractivity contribution in [1.29, 1.82) is 0 Å². The Bertz CT molecular complexity index is 1060. The largest absolute Gasteiger partial charge is 0.495 e. The van der Waals surface area contributed by atoms with Crippen LogP contribution in [0.5, 0.6) is 5.75 Å². The molecule has 0 aliphatic rings. The molecule has 0 atom stereocenters. The van der Waals surface area contributed by atoms with Crippen molar-refractivity contribution in [2.24, 2.45) is 0 Å². The van der Waals surface area contributed by atoms with Crippen LogP contribution >= 0.6 is 11.3 Å². The third-order valence-electron chi connectivity index (χ3n) is 3.75. The molecule has 27 heavy (non-hydrogen) atoms. The van der Waals surface area contributed by atoms with E-state index in [9.17, 15) is 13.2 Å². The van der Waals surface area contributed by atoms with Crippen LogP contribution in [0.25, 0.3) is 10.4 Å². The van der Waals surface area contributed by atoms with Crippen LogP contribution in [0.15, 0.2) is 64.9 Å². The van der Waals surface area contributed by atoms with Gasteiger partial charge in [0.1, 0.15) is 5.75 Å². The molecule has 0 fully saturated rings. The summed E-state index contributed by atoms with van der Waals surface area (Å²) in [7, 11) is -2.41. The molecule has 8 heteroatoms. The summed E-state index contributed by atoms with van der Waals surface area (Å²) < 4.78 is 33.6. The van der Waals surface area contributed by atoms with Crippen molar-refractivity contribution in [2.75, 3.05) is 17.1 Å². The number of ether oxygens (including phenoxy) is 1. The smallest absolute Gasteiger partial charge is 0.261 e. The molecule has 1 aromatic heterocycles. The SMILES string of the molecule is COc1ccc(S(=O)(=O)Nc2ccccc2-c2cccs2)cc1NC(C)=O. The monoisotopic (exact) mass is 402 g/mol. The Morgan fingerprint density at radius 1 is 1.04 bits per heavy atom. The number of para-hydroxylation sites is 1. The highest BCUT2D eigenvalue weighted by atomic mass is 32.2. The van der Waals surface area contributed by atoms with E-state index in [-0.39, 0.29) is 10.8 Å². The summed E-state index contributed by atoms with van der Waals surface area (Å²) >= 11 is 1.53. The number of carbonyl (C=O) groups is 1. The predicted molar refractivity (Wildman–Crippen MR) is 108 cm³/mol. The lowest BCUT2D eigenvalue weighted by molar-refractivity contribution is -0.114. The molecule has 0 radical (unpaired) electrons. The van der Waals surface area contributed by atoms with Gasteiger partial charge in [0.15, 0.2) is 0 Å². The maximum Gasteiger partial charge on any atom is 0.261 e. The van der Waals surface area contributed by atoms with Crippen LogP contribution in [0, 0.1) is 0 Å². The zero-order chi connectivity index (χ0) is 19.4. The third kappa shape index (κ3) is 4.29. The van der Waals surface area contributed by atoms with Gasteiger partial charge in [0.05, 0.1) is 23.4 Å². The summed E-state index contributed by atoms with van der Waals surface area (Å²) in [6, 6.07) is 15.3. The molecule has 3 aromatic rings. The van der Waals surface area contributed by atoms with Gasteiger partial charge in [0.2, 0.25) is 5.91 Å². The number of rotatable bonds is 6. The maximum atomic E-state index is 12.9. The van der Waals surface area contributed by atoms with E-state index in [0.29, 0.717) is 17.1 Å². The number of hydrogen-bond donors (Lipinski definition) is 2. The molecule has 0 bridgehead atoms. The van der Waals surface area contributed by atoms with Gasteiger partial charge >= 0.3 is 0 Å². The van der Waals surface area contributed by atoms with E-state index in [1.54, 1.807) is 12.1 Å². The lowest BCUT2D eigenvalue weighted by atomic mass is 10.1. The van der Waals surface area contributed by atoms with Gasteiger partial charge in [-0.2, -0.15) is 0 Å². The van der Waals surface area contributed by atoms with Crippen molar-refractivity contribution >= 4 is 38.6 Å². The van der Waals surface area contributed by atoms with Gasteiger partial charge < -0.3 is 10.1 Å². The lowest BCUT2D eigenvalue weighted by Crippen LogP contribution is -2.15. The van der Waals surface area contributed by atoms with E-state index in [2.05, 4.69) is 10.0 Å². The quantitative estimate of drug-likeness (QED) is 0.648. The van der Waals surface area contributed by atoms with Crippen molar-refractivity contribution in [1.82, 2.24) is 0 Å². The fourth-order valence-corrected chi connectivity index (χ4v) is 4.44. The number of carbonyl (C=O) groups excluding carboxylic acids is 1. The van der Waals surface area contributed by atoms with Crippen molar-refractivity contribution in [3.05, 3.63) is 60.0 Å². The van der Waals surface area contributed by atoms with Gasteiger partial charge in [0, 0.05) is 17.4 Å². The average molecular weight is 402 g/mol.